The molecule has 1 heterocycles. The van der Waals surface area contributed by atoms with Gasteiger partial charge >= 0.3 is 0 Å². The Bertz CT molecular complexity index is 396. The first-order valence-corrected chi connectivity index (χ1v) is 5.80. The van der Waals surface area contributed by atoms with Crippen molar-refractivity contribution in [2.24, 2.45) is 0 Å². The lowest BCUT2D eigenvalue weighted by molar-refractivity contribution is 0.0463. The Morgan fingerprint density at radius 2 is 2.18 bits per heavy atom. The summed E-state index contributed by atoms with van der Waals surface area (Å²) in [5.74, 6) is 0.349. The number of carbonyl (C=O) groups excluding carboxylic acids is 1. The molecule has 2 N–H and O–H groups in total. The molecule has 1 unspecified atom stereocenters. The third kappa shape index (κ3) is 3.85. The van der Waals surface area contributed by atoms with Gasteiger partial charge in [0.25, 0.3) is 5.91 Å². The van der Waals surface area contributed by atoms with E-state index < -0.39 is 5.60 Å². The first-order valence-electron chi connectivity index (χ1n) is 5.80. The SMILES string of the molecule is CCCC(C)(O)CNC(=O)c1oc(C)nc1C. The standard InChI is InChI=1S/C12H20N2O3/c1-5-6-12(4,16)7-13-11(15)10-8(2)14-9(3)17-10/h16H,5-7H2,1-4H3,(H,13,15). The van der Waals surface area contributed by atoms with Gasteiger partial charge in [-0.3, -0.25) is 4.79 Å². The summed E-state index contributed by atoms with van der Waals surface area (Å²) in [5, 5.41) is 12.6. The van der Waals surface area contributed by atoms with Gasteiger partial charge in [0.2, 0.25) is 5.76 Å². The second kappa shape index (κ2) is 5.31. The predicted molar refractivity (Wildman–Crippen MR) is 63.8 cm³/mol. The number of oxazole rings is 1. The minimum absolute atomic E-state index is 0.207. The average molecular weight is 240 g/mol. The maximum atomic E-state index is 11.8. The summed E-state index contributed by atoms with van der Waals surface area (Å²) in [6.07, 6.45) is 1.50. The summed E-state index contributed by atoms with van der Waals surface area (Å²) in [7, 11) is 0. The number of nitrogens with one attached hydrogen (secondary N) is 1. The molecule has 0 aliphatic carbocycles. The van der Waals surface area contributed by atoms with Gasteiger partial charge in [0, 0.05) is 13.5 Å². The minimum Gasteiger partial charge on any atom is -0.436 e. The van der Waals surface area contributed by atoms with Crippen LogP contribution >= 0.6 is 0 Å². The summed E-state index contributed by atoms with van der Waals surface area (Å²) in [6, 6.07) is 0. The number of hydrogen-bond acceptors (Lipinski definition) is 4. The van der Waals surface area contributed by atoms with Gasteiger partial charge in [-0.05, 0) is 20.3 Å². The molecule has 1 aromatic rings. The lowest BCUT2D eigenvalue weighted by atomic mass is 10.0. The van der Waals surface area contributed by atoms with Crippen LogP contribution in [0.25, 0.3) is 0 Å². The summed E-state index contributed by atoms with van der Waals surface area (Å²) < 4.78 is 5.20. The minimum atomic E-state index is -0.882. The Balaban J connectivity index is 2.59. The van der Waals surface area contributed by atoms with Crippen LogP contribution in [-0.4, -0.2) is 28.1 Å². The normalized spacial score (nSPS) is 14.4. The zero-order valence-electron chi connectivity index (χ0n) is 10.8. The second-order valence-electron chi connectivity index (χ2n) is 4.58. The van der Waals surface area contributed by atoms with E-state index in [1.165, 1.54) is 0 Å². The fourth-order valence-corrected chi connectivity index (χ4v) is 1.72. The molecule has 17 heavy (non-hydrogen) atoms. The first kappa shape index (κ1) is 13.7. The highest BCUT2D eigenvalue weighted by Gasteiger charge is 2.22. The van der Waals surface area contributed by atoms with Crippen molar-refractivity contribution in [2.75, 3.05) is 6.54 Å². The van der Waals surface area contributed by atoms with Crippen molar-refractivity contribution in [2.45, 2.75) is 46.1 Å². The molecule has 0 bridgehead atoms. The smallest absolute Gasteiger partial charge is 0.289 e. The van der Waals surface area contributed by atoms with Gasteiger partial charge in [0.1, 0.15) is 0 Å². The second-order valence-corrected chi connectivity index (χ2v) is 4.58. The summed E-state index contributed by atoms with van der Waals surface area (Å²) in [5.41, 5.74) is -0.317. The largest absolute Gasteiger partial charge is 0.436 e. The molecule has 0 fully saturated rings. The fraction of sp³-hybridized carbons (Fsp3) is 0.667. The van der Waals surface area contributed by atoms with E-state index in [0.29, 0.717) is 18.0 Å². The summed E-state index contributed by atoms with van der Waals surface area (Å²) >= 11 is 0. The number of amides is 1. The van der Waals surface area contributed by atoms with Crippen LogP contribution in [-0.2, 0) is 0 Å². The summed E-state index contributed by atoms with van der Waals surface area (Å²) in [6.45, 7) is 7.31. The molecule has 0 saturated heterocycles. The van der Waals surface area contributed by atoms with Crippen LogP contribution in [0.2, 0.25) is 0 Å². The number of nitrogens with zero attached hydrogens (tertiary/aromatic N) is 1. The zero-order valence-corrected chi connectivity index (χ0v) is 10.8. The lowest BCUT2D eigenvalue weighted by Crippen LogP contribution is -2.40. The monoisotopic (exact) mass is 240 g/mol. The van der Waals surface area contributed by atoms with E-state index >= 15 is 0 Å². The number of aromatic nitrogens is 1. The van der Waals surface area contributed by atoms with Crippen molar-refractivity contribution in [3.8, 4) is 0 Å². The molecule has 0 aliphatic rings. The highest BCUT2D eigenvalue weighted by Crippen LogP contribution is 2.12. The quantitative estimate of drug-likeness (QED) is 0.819. The van der Waals surface area contributed by atoms with Crippen molar-refractivity contribution in [3.63, 3.8) is 0 Å². The highest BCUT2D eigenvalue weighted by atomic mass is 16.4. The molecule has 0 aromatic carbocycles. The van der Waals surface area contributed by atoms with Crippen molar-refractivity contribution in [1.29, 1.82) is 0 Å². The number of aryl methyl sites for hydroxylation is 2. The van der Waals surface area contributed by atoms with Crippen LogP contribution in [0.4, 0.5) is 0 Å². The van der Waals surface area contributed by atoms with E-state index in [0.717, 1.165) is 6.42 Å². The van der Waals surface area contributed by atoms with Gasteiger partial charge in [-0.1, -0.05) is 13.3 Å². The molecule has 1 rings (SSSR count). The Morgan fingerprint density at radius 1 is 1.53 bits per heavy atom. The molecule has 96 valence electrons. The van der Waals surface area contributed by atoms with E-state index in [1.807, 2.05) is 6.92 Å². The van der Waals surface area contributed by atoms with Crippen LogP contribution in [0.1, 0.15) is 48.8 Å². The molecule has 5 nitrogen and oxygen atoms in total. The predicted octanol–water partition coefficient (Wildman–Crippen LogP) is 1.57. The molecule has 0 spiro atoms. The fourth-order valence-electron chi connectivity index (χ4n) is 1.72. The maximum Gasteiger partial charge on any atom is 0.289 e. The van der Waals surface area contributed by atoms with Crippen LogP contribution in [0.3, 0.4) is 0 Å². The molecular weight excluding hydrogens is 220 g/mol. The molecule has 0 saturated carbocycles. The van der Waals surface area contributed by atoms with Gasteiger partial charge < -0.3 is 14.8 Å². The zero-order chi connectivity index (χ0) is 13.1. The Labute approximate surface area is 101 Å². The molecule has 1 aromatic heterocycles. The molecule has 1 amide bonds. The third-order valence-electron chi connectivity index (χ3n) is 2.53. The van der Waals surface area contributed by atoms with Gasteiger partial charge in [-0.2, -0.15) is 0 Å². The molecule has 1 atom stereocenters. The van der Waals surface area contributed by atoms with E-state index in [4.69, 9.17) is 4.42 Å². The summed E-state index contributed by atoms with van der Waals surface area (Å²) in [4.78, 5) is 15.8. The Morgan fingerprint density at radius 3 is 2.65 bits per heavy atom. The number of rotatable bonds is 5. The molecule has 0 radical (unpaired) electrons. The number of hydrogen-bond donors (Lipinski definition) is 2. The van der Waals surface area contributed by atoms with Crippen molar-refractivity contribution < 1.29 is 14.3 Å². The first-order chi connectivity index (χ1) is 7.85. The third-order valence-corrected chi connectivity index (χ3v) is 2.53. The molecular formula is C12H20N2O3. The topological polar surface area (TPSA) is 75.4 Å². The Hall–Kier alpha value is -1.36. The van der Waals surface area contributed by atoms with Crippen LogP contribution < -0.4 is 5.32 Å². The maximum absolute atomic E-state index is 11.8. The van der Waals surface area contributed by atoms with Crippen LogP contribution in [0, 0.1) is 13.8 Å². The number of carbonyl (C=O) groups is 1. The van der Waals surface area contributed by atoms with Crippen LogP contribution in [0.5, 0.6) is 0 Å². The van der Waals surface area contributed by atoms with Gasteiger partial charge in [0.05, 0.1) is 11.3 Å². The van der Waals surface area contributed by atoms with E-state index in [-0.39, 0.29) is 18.2 Å². The lowest BCUT2D eigenvalue weighted by Gasteiger charge is -2.22. The van der Waals surface area contributed by atoms with Gasteiger partial charge in [-0.15, -0.1) is 0 Å². The number of aliphatic hydroxyl groups is 1. The highest BCUT2D eigenvalue weighted by molar-refractivity contribution is 5.92. The van der Waals surface area contributed by atoms with Crippen molar-refractivity contribution >= 4 is 5.91 Å². The van der Waals surface area contributed by atoms with Gasteiger partial charge in [0.15, 0.2) is 5.89 Å². The van der Waals surface area contributed by atoms with E-state index in [1.54, 1.807) is 20.8 Å². The van der Waals surface area contributed by atoms with E-state index in [2.05, 4.69) is 10.3 Å². The van der Waals surface area contributed by atoms with Crippen molar-refractivity contribution in [1.82, 2.24) is 10.3 Å². The van der Waals surface area contributed by atoms with Crippen molar-refractivity contribution in [3.05, 3.63) is 17.3 Å². The molecule has 0 aliphatic heterocycles. The van der Waals surface area contributed by atoms with E-state index in [9.17, 15) is 9.90 Å². The van der Waals surface area contributed by atoms with Gasteiger partial charge in [-0.25, -0.2) is 4.98 Å². The molecule has 5 heteroatoms. The Kier molecular flexibility index (Phi) is 4.28. The average Bonchev–Trinajstić information content (AvgIpc) is 2.54. The van der Waals surface area contributed by atoms with Crippen LogP contribution in [0.15, 0.2) is 4.42 Å².